The number of hydrogen-bond acceptors (Lipinski definition) is 2. The molecule has 0 saturated carbocycles. The quantitative estimate of drug-likeness (QED) is 0.595. The molecule has 1 aliphatic rings. The Morgan fingerprint density at radius 2 is 1.92 bits per heavy atom. The van der Waals surface area contributed by atoms with Crippen molar-refractivity contribution in [1.82, 2.24) is 0 Å². The number of aryl methyl sites for hydroxylation is 1. The van der Waals surface area contributed by atoms with Gasteiger partial charge in [0, 0.05) is 0 Å². The summed E-state index contributed by atoms with van der Waals surface area (Å²) < 4.78 is 35.6. The van der Waals surface area contributed by atoms with Crippen molar-refractivity contribution < 1.29 is 18.3 Å². The van der Waals surface area contributed by atoms with Gasteiger partial charge < -0.3 is 9.47 Å². The highest BCUT2D eigenvalue weighted by Gasteiger charge is 2.24. The molecule has 0 fully saturated rings. The van der Waals surface area contributed by atoms with Gasteiger partial charge in [-0.25, -0.2) is 8.78 Å². The Labute approximate surface area is 67.7 Å². The first-order chi connectivity index (χ1) is 5.70. The van der Waals surface area contributed by atoms with E-state index < -0.39 is 11.6 Å². The third kappa shape index (κ3) is 0.841. The van der Waals surface area contributed by atoms with E-state index in [1.54, 1.807) is 0 Å². The molecule has 0 aliphatic carbocycles. The van der Waals surface area contributed by atoms with Gasteiger partial charge in [-0.3, -0.25) is 0 Å². The van der Waals surface area contributed by atoms with Crippen molar-refractivity contribution in [1.29, 1.82) is 0 Å². The maximum Gasteiger partial charge on any atom is 0.231 e. The van der Waals surface area contributed by atoms with Crippen molar-refractivity contribution in [2.75, 3.05) is 6.79 Å². The molecule has 0 radical (unpaired) electrons. The highest BCUT2D eigenvalue weighted by Crippen LogP contribution is 2.38. The molecule has 0 bridgehead atoms. The predicted octanol–water partition coefficient (Wildman–Crippen LogP) is 2.00. The van der Waals surface area contributed by atoms with Crippen LogP contribution in [0.4, 0.5) is 8.78 Å². The second-order valence-electron chi connectivity index (χ2n) is 2.55. The Morgan fingerprint density at radius 3 is 2.67 bits per heavy atom. The molecule has 0 spiro atoms. The van der Waals surface area contributed by atoms with Gasteiger partial charge in [-0.2, -0.15) is 0 Å². The van der Waals surface area contributed by atoms with Gasteiger partial charge in [0.05, 0.1) is 0 Å². The minimum absolute atomic E-state index is 0.118. The number of rotatable bonds is 0. The van der Waals surface area contributed by atoms with Crippen molar-refractivity contribution in [2.45, 2.75) is 6.92 Å². The van der Waals surface area contributed by atoms with Crippen LogP contribution in [0, 0.1) is 18.6 Å². The zero-order chi connectivity index (χ0) is 8.72. The van der Waals surface area contributed by atoms with E-state index in [-0.39, 0.29) is 23.9 Å². The second-order valence-corrected chi connectivity index (χ2v) is 2.55. The summed E-state index contributed by atoms with van der Waals surface area (Å²) in [6.45, 7) is 1.35. The first-order valence-corrected chi connectivity index (χ1v) is 3.44. The van der Waals surface area contributed by atoms with Crippen LogP contribution in [0.1, 0.15) is 5.56 Å². The third-order valence-corrected chi connectivity index (χ3v) is 1.72. The summed E-state index contributed by atoms with van der Waals surface area (Å²) in [6.07, 6.45) is 0. The van der Waals surface area contributed by atoms with Crippen molar-refractivity contribution in [2.24, 2.45) is 0 Å². The molecule has 0 N–H and O–H groups in total. The molecule has 1 heterocycles. The molecule has 1 aromatic rings. The van der Waals surface area contributed by atoms with E-state index >= 15 is 0 Å². The van der Waals surface area contributed by atoms with E-state index in [0.29, 0.717) is 0 Å². The number of fused-ring (bicyclic) bond motifs is 1. The van der Waals surface area contributed by atoms with Crippen molar-refractivity contribution >= 4 is 0 Å². The molecule has 1 aliphatic heterocycles. The highest BCUT2D eigenvalue weighted by atomic mass is 19.1. The normalized spacial score (nSPS) is 13.6. The smallest absolute Gasteiger partial charge is 0.231 e. The van der Waals surface area contributed by atoms with Crippen LogP contribution in [0.25, 0.3) is 0 Å². The summed E-state index contributed by atoms with van der Waals surface area (Å²) >= 11 is 0. The maximum absolute atomic E-state index is 13.1. The first kappa shape index (κ1) is 7.34. The number of hydrogen-bond donors (Lipinski definition) is 0. The van der Waals surface area contributed by atoms with Gasteiger partial charge in [0.2, 0.25) is 18.3 Å². The van der Waals surface area contributed by atoms with E-state index in [9.17, 15) is 8.78 Å². The van der Waals surface area contributed by atoms with Crippen molar-refractivity contribution in [3.05, 3.63) is 23.3 Å². The van der Waals surface area contributed by atoms with Gasteiger partial charge >= 0.3 is 0 Å². The average molecular weight is 172 g/mol. The fraction of sp³-hybridized carbons (Fsp3) is 0.250. The summed E-state index contributed by atoms with van der Waals surface area (Å²) in [7, 11) is 0. The Hall–Kier alpha value is -1.32. The van der Waals surface area contributed by atoms with Crippen LogP contribution in [0.15, 0.2) is 6.07 Å². The van der Waals surface area contributed by atoms with Gasteiger partial charge in [0.15, 0.2) is 11.6 Å². The zero-order valence-corrected chi connectivity index (χ0v) is 6.36. The van der Waals surface area contributed by atoms with E-state index in [1.807, 2.05) is 0 Å². The van der Waals surface area contributed by atoms with Crippen LogP contribution >= 0.6 is 0 Å². The van der Waals surface area contributed by atoms with Crippen LogP contribution in [-0.2, 0) is 0 Å². The third-order valence-electron chi connectivity index (χ3n) is 1.72. The van der Waals surface area contributed by atoms with Gasteiger partial charge in [-0.1, -0.05) is 0 Å². The lowest BCUT2D eigenvalue weighted by Crippen LogP contribution is -1.94. The molecule has 1 aromatic carbocycles. The SMILES string of the molecule is Cc1cc(F)c2c(c1F)OCO2. The van der Waals surface area contributed by atoms with Gasteiger partial charge in [-0.05, 0) is 18.6 Å². The van der Waals surface area contributed by atoms with Crippen LogP contribution in [0.5, 0.6) is 11.5 Å². The Morgan fingerprint density at radius 1 is 1.25 bits per heavy atom. The second kappa shape index (κ2) is 2.33. The lowest BCUT2D eigenvalue weighted by atomic mass is 10.2. The standard InChI is InChI=1S/C8H6F2O2/c1-4-2-5(9)7-8(6(4)10)12-3-11-7/h2H,3H2,1H3. The Balaban J connectivity index is 2.69. The molecule has 0 amide bonds. The molecule has 12 heavy (non-hydrogen) atoms. The van der Waals surface area contributed by atoms with Crippen LogP contribution in [-0.4, -0.2) is 6.79 Å². The van der Waals surface area contributed by atoms with Crippen LogP contribution < -0.4 is 9.47 Å². The number of ether oxygens (including phenoxy) is 2. The number of halogens is 2. The lowest BCUT2D eigenvalue weighted by Gasteiger charge is -2.01. The molecule has 0 saturated heterocycles. The monoisotopic (exact) mass is 172 g/mol. The molecule has 0 unspecified atom stereocenters. The minimum Gasteiger partial charge on any atom is -0.450 e. The summed E-state index contributed by atoms with van der Waals surface area (Å²) in [6, 6.07) is 1.09. The lowest BCUT2D eigenvalue weighted by molar-refractivity contribution is 0.168. The largest absolute Gasteiger partial charge is 0.450 e. The van der Waals surface area contributed by atoms with Gasteiger partial charge in [0.1, 0.15) is 0 Å². The molecule has 64 valence electrons. The fourth-order valence-corrected chi connectivity index (χ4v) is 1.12. The van der Waals surface area contributed by atoms with Crippen LogP contribution in [0.3, 0.4) is 0 Å². The topological polar surface area (TPSA) is 18.5 Å². The molecule has 2 rings (SSSR count). The van der Waals surface area contributed by atoms with E-state index in [0.717, 1.165) is 6.07 Å². The molecular formula is C8H6F2O2. The highest BCUT2D eigenvalue weighted by molar-refractivity contribution is 5.46. The number of benzene rings is 1. The Bertz CT molecular complexity index is 336. The molecule has 2 nitrogen and oxygen atoms in total. The summed E-state index contributed by atoms with van der Waals surface area (Å²) in [5, 5.41) is 0. The summed E-state index contributed by atoms with van der Waals surface area (Å²) in [5.74, 6) is -1.38. The zero-order valence-electron chi connectivity index (χ0n) is 6.36. The van der Waals surface area contributed by atoms with Gasteiger partial charge in [0.25, 0.3) is 0 Å². The van der Waals surface area contributed by atoms with E-state index in [4.69, 9.17) is 9.47 Å². The van der Waals surface area contributed by atoms with Gasteiger partial charge in [-0.15, -0.1) is 0 Å². The Kier molecular flexibility index (Phi) is 1.43. The first-order valence-electron chi connectivity index (χ1n) is 3.44. The van der Waals surface area contributed by atoms with Crippen molar-refractivity contribution in [3.63, 3.8) is 0 Å². The van der Waals surface area contributed by atoms with Crippen LogP contribution in [0.2, 0.25) is 0 Å². The summed E-state index contributed by atoms with van der Waals surface area (Å²) in [5.41, 5.74) is 0.219. The predicted molar refractivity (Wildman–Crippen MR) is 37.2 cm³/mol. The fourth-order valence-electron chi connectivity index (χ4n) is 1.12. The molecule has 0 atom stereocenters. The molecule has 4 heteroatoms. The van der Waals surface area contributed by atoms with E-state index in [2.05, 4.69) is 0 Å². The molecular weight excluding hydrogens is 166 g/mol. The minimum atomic E-state index is -0.582. The van der Waals surface area contributed by atoms with Crippen molar-refractivity contribution in [3.8, 4) is 11.5 Å². The maximum atomic E-state index is 13.1. The summed E-state index contributed by atoms with van der Waals surface area (Å²) in [4.78, 5) is 0. The van der Waals surface area contributed by atoms with E-state index in [1.165, 1.54) is 6.92 Å². The molecule has 0 aromatic heterocycles. The average Bonchev–Trinajstić information content (AvgIpc) is 2.48.